The zero-order valence-corrected chi connectivity index (χ0v) is 9.39. The summed E-state index contributed by atoms with van der Waals surface area (Å²) < 4.78 is 40.4. The van der Waals surface area contributed by atoms with E-state index in [-0.39, 0.29) is 16.4 Å². The van der Waals surface area contributed by atoms with Crippen molar-refractivity contribution in [1.82, 2.24) is 9.97 Å². The predicted octanol–water partition coefficient (Wildman–Crippen LogP) is 3.52. The fraction of sp³-hybridized carbons (Fsp3) is 0.0909. The fourth-order valence-corrected chi connectivity index (χ4v) is 1.54. The maximum atomic E-state index is 13.8. The first kappa shape index (κ1) is 11.9. The molecule has 0 N–H and O–H groups in total. The Hall–Kier alpha value is -1.62. The highest BCUT2D eigenvalue weighted by Gasteiger charge is 2.18. The Kier molecular flexibility index (Phi) is 3.02. The Morgan fingerprint density at radius 2 is 1.76 bits per heavy atom. The van der Waals surface area contributed by atoms with Gasteiger partial charge in [-0.05, 0) is 6.92 Å². The van der Waals surface area contributed by atoms with Gasteiger partial charge in [0, 0.05) is 17.7 Å². The van der Waals surface area contributed by atoms with Crippen LogP contribution in [0.3, 0.4) is 0 Å². The summed E-state index contributed by atoms with van der Waals surface area (Å²) in [6.07, 6.45) is 1.08. The second kappa shape index (κ2) is 4.33. The van der Waals surface area contributed by atoms with E-state index in [0.717, 1.165) is 6.33 Å². The van der Waals surface area contributed by atoms with Crippen molar-refractivity contribution >= 4 is 11.6 Å². The van der Waals surface area contributed by atoms with Crippen molar-refractivity contribution in [1.29, 1.82) is 0 Å². The third kappa shape index (κ3) is 2.10. The second-order valence-electron chi connectivity index (χ2n) is 3.38. The average molecular weight is 259 g/mol. The third-order valence-corrected chi connectivity index (χ3v) is 2.50. The first-order chi connectivity index (χ1) is 8.00. The molecule has 88 valence electrons. The van der Waals surface area contributed by atoms with E-state index in [2.05, 4.69) is 9.97 Å². The highest BCUT2D eigenvalue weighted by molar-refractivity contribution is 6.29. The molecule has 0 saturated carbocycles. The van der Waals surface area contributed by atoms with Crippen LogP contribution in [0.15, 0.2) is 18.5 Å². The van der Waals surface area contributed by atoms with Crippen LogP contribution in [0.2, 0.25) is 5.15 Å². The molecule has 0 unspecified atom stereocenters. The lowest BCUT2D eigenvalue weighted by Gasteiger charge is -2.07. The molecular weight excluding hydrogens is 253 g/mol. The minimum absolute atomic E-state index is 0.0249. The summed E-state index contributed by atoms with van der Waals surface area (Å²) in [6, 6.07) is 1.82. The van der Waals surface area contributed by atoms with Gasteiger partial charge in [0.2, 0.25) is 0 Å². The molecule has 0 aliphatic heterocycles. The molecule has 6 heteroatoms. The molecule has 0 aliphatic carbocycles. The molecular formula is C11H6ClF3N2. The SMILES string of the molecule is Cc1c(F)cc(F)c(-c2cc(Cl)ncn2)c1F. The van der Waals surface area contributed by atoms with Crippen LogP contribution >= 0.6 is 11.6 Å². The number of benzene rings is 1. The summed E-state index contributed by atoms with van der Waals surface area (Å²) in [5, 5.41) is 0.0516. The molecule has 0 aliphatic rings. The Balaban J connectivity index is 2.72. The van der Waals surface area contributed by atoms with Gasteiger partial charge in [-0.25, -0.2) is 23.1 Å². The average Bonchev–Trinajstić information content (AvgIpc) is 2.26. The third-order valence-electron chi connectivity index (χ3n) is 2.29. The molecule has 0 spiro atoms. The van der Waals surface area contributed by atoms with E-state index in [4.69, 9.17) is 11.6 Å². The Bertz CT molecular complexity index is 587. The van der Waals surface area contributed by atoms with Crippen molar-refractivity contribution in [3.8, 4) is 11.3 Å². The first-order valence-corrected chi connectivity index (χ1v) is 5.00. The van der Waals surface area contributed by atoms with Crippen LogP contribution in [-0.4, -0.2) is 9.97 Å². The van der Waals surface area contributed by atoms with Gasteiger partial charge in [0.15, 0.2) is 0 Å². The lowest BCUT2D eigenvalue weighted by molar-refractivity contribution is 0.536. The van der Waals surface area contributed by atoms with Gasteiger partial charge in [0.25, 0.3) is 0 Å². The number of halogens is 4. The zero-order chi connectivity index (χ0) is 12.6. The van der Waals surface area contributed by atoms with Gasteiger partial charge in [-0.3, -0.25) is 0 Å². The summed E-state index contributed by atoms with van der Waals surface area (Å²) in [7, 11) is 0. The van der Waals surface area contributed by atoms with Gasteiger partial charge in [0.05, 0.1) is 11.3 Å². The van der Waals surface area contributed by atoms with Gasteiger partial charge >= 0.3 is 0 Å². The van der Waals surface area contributed by atoms with Crippen molar-refractivity contribution in [3.63, 3.8) is 0 Å². The highest BCUT2D eigenvalue weighted by atomic mass is 35.5. The maximum absolute atomic E-state index is 13.8. The van der Waals surface area contributed by atoms with Crippen molar-refractivity contribution in [3.05, 3.63) is 46.6 Å². The van der Waals surface area contributed by atoms with E-state index < -0.39 is 23.0 Å². The molecule has 2 aromatic rings. The Morgan fingerprint density at radius 1 is 1.06 bits per heavy atom. The van der Waals surface area contributed by atoms with Crippen molar-refractivity contribution in [2.75, 3.05) is 0 Å². The maximum Gasteiger partial charge on any atom is 0.141 e. The smallest absolute Gasteiger partial charge is 0.141 e. The number of hydrogen-bond acceptors (Lipinski definition) is 2. The lowest BCUT2D eigenvalue weighted by Crippen LogP contribution is -1.99. The molecule has 0 amide bonds. The van der Waals surface area contributed by atoms with Crippen LogP contribution < -0.4 is 0 Å². The highest BCUT2D eigenvalue weighted by Crippen LogP contribution is 2.28. The Morgan fingerprint density at radius 3 is 2.41 bits per heavy atom. The molecule has 1 heterocycles. The van der Waals surface area contributed by atoms with E-state index >= 15 is 0 Å². The van der Waals surface area contributed by atoms with Crippen LogP contribution in [0.1, 0.15) is 5.56 Å². The first-order valence-electron chi connectivity index (χ1n) is 4.62. The zero-order valence-electron chi connectivity index (χ0n) is 8.64. The number of aromatic nitrogens is 2. The molecule has 1 aromatic heterocycles. The summed E-state index contributed by atoms with van der Waals surface area (Å²) >= 11 is 5.60. The molecule has 2 rings (SSSR count). The summed E-state index contributed by atoms with van der Waals surface area (Å²) in [4.78, 5) is 7.30. The minimum Gasteiger partial charge on any atom is -0.236 e. The van der Waals surface area contributed by atoms with Gasteiger partial charge < -0.3 is 0 Å². The van der Waals surface area contributed by atoms with Crippen LogP contribution in [0, 0.1) is 24.4 Å². The normalized spacial score (nSPS) is 10.6. The van der Waals surface area contributed by atoms with Gasteiger partial charge in [-0.1, -0.05) is 11.6 Å². The van der Waals surface area contributed by atoms with Crippen LogP contribution in [0.5, 0.6) is 0 Å². The standard InChI is InChI=1S/C11H6ClF3N2/c1-5-6(13)2-7(14)10(11(5)15)8-3-9(12)17-4-16-8/h2-4H,1H3. The summed E-state index contributed by atoms with van der Waals surface area (Å²) in [6.45, 7) is 1.22. The van der Waals surface area contributed by atoms with E-state index in [9.17, 15) is 13.2 Å². The summed E-state index contributed by atoms with van der Waals surface area (Å²) in [5.74, 6) is -2.96. The molecule has 0 atom stereocenters. The summed E-state index contributed by atoms with van der Waals surface area (Å²) in [5.41, 5.74) is -0.701. The van der Waals surface area contributed by atoms with Crippen LogP contribution in [-0.2, 0) is 0 Å². The van der Waals surface area contributed by atoms with Crippen molar-refractivity contribution < 1.29 is 13.2 Å². The number of rotatable bonds is 1. The van der Waals surface area contributed by atoms with E-state index in [1.54, 1.807) is 0 Å². The van der Waals surface area contributed by atoms with Crippen LogP contribution in [0.4, 0.5) is 13.2 Å². The molecule has 17 heavy (non-hydrogen) atoms. The quantitative estimate of drug-likeness (QED) is 0.732. The molecule has 2 nitrogen and oxygen atoms in total. The second-order valence-corrected chi connectivity index (χ2v) is 3.77. The van der Waals surface area contributed by atoms with E-state index in [1.807, 2.05) is 0 Å². The fourth-order valence-electron chi connectivity index (χ4n) is 1.39. The molecule has 0 radical (unpaired) electrons. The predicted molar refractivity (Wildman–Crippen MR) is 57.1 cm³/mol. The molecule has 0 fully saturated rings. The lowest BCUT2D eigenvalue weighted by atomic mass is 10.1. The molecule has 1 aromatic carbocycles. The van der Waals surface area contributed by atoms with Crippen molar-refractivity contribution in [2.24, 2.45) is 0 Å². The number of nitrogens with zero attached hydrogens (tertiary/aromatic N) is 2. The number of hydrogen-bond donors (Lipinski definition) is 0. The largest absolute Gasteiger partial charge is 0.236 e. The Labute approximate surface area is 100 Å². The van der Waals surface area contributed by atoms with Crippen LogP contribution in [0.25, 0.3) is 11.3 Å². The van der Waals surface area contributed by atoms with Crippen molar-refractivity contribution in [2.45, 2.75) is 6.92 Å². The van der Waals surface area contributed by atoms with E-state index in [1.165, 1.54) is 13.0 Å². The van der Waals surface area contributed by atoms with E-state index in [0.29, 0.717) is 6.07 Å². The minimum atomic E-state index is -1.03. The molecule has 0 saturated heterocycles. The monoisotopic (exact) mass is 258 g/mol. The topological polar surface area (TPSA) is 25.8 Å². The van der Waals surface area contributed by atoms with Gasteiger partial charge in [0.1, 0.15) is 28.9 Å². The van der Waals surface area contributed by atoms with Gasteiger partial charge in [-0.2, -0.15) is 0 Å². The van der Waals surface area contributed by atoms with Gasteiger partial charge in [-0.15, -0.1) is 0 Å². The molecule has 0 bridgehead atoms.